The molecule has 0 aromatic heterocycles. The van der Waals surface area contributed by atoms with Gasteiger partial charge in [0.2, 0.25) is 17.7 Å². The van der Waals surface area contributed by atoms with Gasteiger partial charge in [0.25, 0.3) is 0 Å². The monoisotopic (exact) mass is 403 g/mol. The number of halogens is 1. The second kappa shape index (κ2) is 6.85. The summed E-state index contributed by atoms with van der Waals surface area (Å²) in [5, 5.41) is 6.73. The number of anilines is 1. The first-order valence-corrected chi connectivity index (χ1v) is 10.4. The number of hydrogen-bond donors (Lipinski definition) is 2. The highest BCUT2D eigenvalue weighted by Crippen LogP contribution is 2.54. The minimum Gasteiger partial charge on any atom is -0.323 e. The van der Waals surface area contributed by atoms with Crippen molar-refractivity contribution in [1.29, 1.82) is 0 Å². The summed E-state index contributed by atoms with van der Waals surface area (Å²) >= 11 is 6.32. The van der Waals surface area contributed by atoms with Crippen molar-refractivity contribution in [3.8, 4) is 0 Å². The number of carbonyl (C=O) groups excluding carboxylic acids is 3. The number of carbonyl (C=O) groups is 3. The highest BCUT2D eigenvalue weighted by molar-refractivity contribution is 6.35. The molecule has 2 N–H and O–H groups in total. The van der Waals surface area contributed by atoms with E-state index in [0.29, 0.717) is 35.2 Å². The molecule has 3 heterocycles. The summed E-state index contributed by atoms with van der Waals surface area (Å²) in [5.41, 5.74) is -0.0272. The van der Waals surface area contributed by atoms with Gasteiger partial charge in [-0.15, -0.1) is 0 Å². The minimum absolute atomic E-state index is 0.151. The lowest BCUT2D eigenvalue weighted by Crippen LogP contribution is -2.53. The Balaban J connectivity index is 1.84. The van der Waals surface area contributed by atoms with Crippen LogP contribution in [-0.4, -0.2) is 35.2 Å². The van der Waals surface area contributed by atoms with Crippen LogP contribution in [0.25, 0.3) is 0 Å². The summed E-state index contributed by atoms with van der Waals surface area (Å²) in [6.45, 7) is 6.60. The number of nitrogens with zero attached hydrogens (tertiary/aromatic N) is 1. The molecule has 1 spiro atoms. The van der Waals surface area contributed by atoms with Gasteiger partial charge in [-0.2, -0.15) is 0 Å². The van der Waals surface area contributed by atoms with E-state index in [1.54, 1.807) is 12.1 Å². The van der Waals surface area contributed by atoms with Crippen LogP contribution in [0.2, 0.25) is 5.02 Å². The molecule has 2 fully saturated rings. The fourth-order valence-electron chi connectivity index (χ4n) is 5.10. The summed E-state index contributed by atoms with van der Waals surface area (Å²) in [4.78, 5) is 41.2. The Labute approximate surface area is 170 Å². The highest BCUT2D eigenvalue weighted by Gasteiger charge is 2.70. The third-order valence-electron chi connectivity index (χ3n) is 6.25. The Morgan fingerprint density at radius 2 is 1.96 bits per heavy atom. The van der Waals surface area contributed by atoms with Crippen LogP contribution in [0.15, 0.2) is 18.2 Å². The number of imide groups is 1. The maximum atomic E-state index is 13.4. The van der Waals surface area contributed by atoms with Crippen molar-refractivity contribution in [3.63, 3.8) is 0 Å². The molecule has 0 saturated carbocycles. The van der Waals surface area contributed by atoms with E-state index in [0.717, 1.165) is 12.8 Å². The van der Waals surface area contributed by atoms with Gasteiger partial charge in [-0.25, -0.2) is 0 Å². The van der Waals surface area contributed by atoms with Crippen LogP contribution < -0.4 is 10.6 Å². The predicted octanol–water partition coefficient (Wildman–Crippen LogP) is 2.91. The van der Waals surface area contributed by atoms with E-state index in [-0.39, 0.29) is 23.8 Å². The van der Waals surface area contributed by atoms with Crippen molar-refractivity contribution >= 4 is 35.0 Å². The number of fused-ring (bicyclic) bond motifs is 4. The zero-order chi connectivity index (χ0) is 20.2. The first-order chi connectivity index (χ1) is 13.3. The van der Waals surface area contributed by atoms with Gasteiger partial charge in [0.15, 0.2) is 0 Å². The molecule has 28 heavy (non-hydrogen) atoms. The van der Waals surface area contributed by atoms with Gasteiger partial charge < -0.3 is 5.32 Å². The van der Waals surface area contributed by atoms with Crippen molar-refractivity contribution in [2.24, 2.45) is 17.8 Å². The molecular formula is C21H26ClN3O3. The minimum atomic E-state index is -1.24. The number of hydrogen-bond acceptors (Lipinski definition) is 4. The van der Waals surface area contributed by atoms with Crippen LogP contribution in [0.1, 0.15) is 45.6 Å². The van der Waals surface area contributed by atoms with Crippen LogP contribution >= 0.6 is 11.6 Å². The van der Waals surface area contributed by atoms with Crippen LogP contribution in [-0.2, 0) is 19.9 Å². The van der Waals surface area contributed by atoms with Crippen molar-refractivity contribution in [2.45, 2.75) is 51.6 Å². The number of para-hydroxylation sites is 1. The standard InChI is InChI=1S/C21H26ClN3O3/c1-4-5-9-25-18(26)15-14(10-11(2)3)24-21(16(15)19(25)27)12-7-6-8-13(22)17(12)23-20(21)28/h6-8,11,14-16,24H,4-5,9-10H2,1-3H3,(H,23,28)/t14-,15+,16+,21-/m0/s1. The molecule has 3 amide bonds. The average Bonchev–Trinajstić information content (AvgIpc) is 3.20. The predicted molar refractivity (Wildman–Crippen MR) is 107 cm³/mol. The number of amides is 3. The van der Waals surface area contributed by atoms with Gasteiger partial charge in [0, 0.05) is 18.2 Å². The third-order valence-corrected chi connectivity index (χ3v) is 6.57. The molecule has 6 nitrogen and oxygen atoms in total. The van der Waals surface area contributed by atoms with E-state index >= 15 is 0 Å². The summed E-state index contributed by atoms with van der Waals surface area (Å²) in [6.07, 6.45) is 2.37. The molecule has 3 aliphatic heterocycles. The first-order valence-electron chi connectivity index (χ1n) is 10.1. The quantitative estimate of drug-likeness (QED) is 0.741. The zero-order valence-electron chi connectivity index (χ0n) is 16.4. The number of unbranched alkanes of at least 4 members (excludes halogenated alkanes) is 1. The van der Waals surface area contributed by atoms with Crippen LogP contribution in [0.5, 0.6) is 0 Å². The summed E-state index contributed by atoms with van der Waals surface area (Å²) in [5.74, 6) is -1.63. The molecule has 0 aliphatic carbocycles. The van der Waals surface area contributed by atoms with Gasteiger partial charge in [-0.1, -0.05) is 50.9 Å². The molecular weight excluding hydrogens is 378 g/mol. The molecule has 1 aromatic rings. The summed E-state index contributed by atoms with van der Waals surface area (Å²) in [6, 6.07) is 5.09. The molecule has 4 atom stereocenters. The number of nitrogens with one attached hydrogen (secondary N) is 2. The fourth-order valence-corrected chi connectivity index (χ4v) is 5.32. The maximum Gasteiger partial charge on any atom is 0.250 e. The summed E-state index contributed by atoms with van der Waals surface area (Å²) in [7, 11) is 0. The van der Waals surface area contributed by atoms with E-state index in [4.69, 9.17) is 11.6 Å². The topological polar surface area (TPSA) is 78.5 Å². The number of likely N-dealkylation sites (tertiary alicyclic amines) is 1. The molecule has 3 aliphatic rings. The van der Waals surface area contributed by atoms with Crippen molar-refractivity contribution in [3.05, 3.63) is 28.8 Å². The normalized spacial score (nSPS) is 31.1. The SMILES string of the molecule is CCCCN1C(=O)[C@@H]2[C@H](CC(C)C)N[C@]3(C(=O)Nc4c(Cl)cccc43)[C@H]2C1=O. The van der Waals surface area contributed by atoms with Gasteiger partial charge in [0.05, 0.1) is 22.5 Å². The van der Waals surface area contributed by atoms with Gasteiger partial charge in [-0.05, 0) is 24.8 Å². The largest absolute Gasteiger partial charge is 0.323 e. The Kier molecular flexibility index (Phi) is 4.74. The molecule has 2 saturated heterocycles. The number of rotatable bonds is 5. The van der Waals surface area contributed by atoms with Crippen molar-refractivity contribution in [1.82, 2.24) is 10.2 Å². The molecule has 1 aromatic carbocycles. The fraction of sp³-hybridized carbons (Fsp3) is 0.571. The van der Waals surface area contributed by atoms with E-state index in [9.17, 15) is 14.4 Å². The second-order valence-electron chi connectivity index (χ2n) is 8.49. The van der Waals surface area contributed by atoms with E-state index in [1.807, 2.05) is 13.0 Å². The molecule has 0 radical (unpaired) electrons. The van der Waals surface area contributed by atoms with E-state index in [2.05, 4.69) is 24.5 Å². The lowest BCUT2D eigenvalue weighted by Gasteiger charge is -2.29. The van der Waals surface area contributed by atoms with Crippen LogP contribution in [0, 0.1) is 17.8 Å². The van der Waals surface area contributed by atoms with Crippen LogP contribution in [0.3, 0.4) is 0 Å². The summed E-state index contributed by atoms with van der Waals surface area (Å²) < 4.78 is 0. The smallest absolute Gasteiger partial charge is 0.250 e. The maximum absolute atomic E-state index is 13.4. The van der Waals surface area contributed by atoms with Crippen molar-refractivity contribution in [2.75, 3.05) is 11.9 Å². The highest BCUT2D eigenvalue weighted by atomic mass is 35.5. The molecule has 150 valence electrons. The first kappa shape index (κ1) is 19.4. The number of benzene rings is 1. The lowest BCUT2D eigenvalue weighted by molar-refractivity contribution is -0.142. The Morgan fingerprint density at radius 3 is 2.64 bits per heavy atom. The van der Waals surface area contributed by atoms with Crippen LogP contribution in [0.4, 0.5) is 5.69 Å². The molecule has 0 bridgehead atoms. The lowest BCUT2D eigenvalue weighted by atomic mass is 9.76. The molecule has 7 heteroatoms. The van der Waals surface area contributed by atoms with Crippen molar-refractivity contribution < 1.29 is 14.4 Å². The average molecular weight is 404 g/mol. The van der Waals surface area contributed by atoms with Gasteiger partial charge in [-0.3, -0.25) is 24.6 Å². The second-order valence-corrected chi connectivity index (χ2v) is 8.90. The Bertz CT molecular complexity index is 855. The zero-order valence-corrected chi connectivity index (χ0v) is 17.2. The van der Waals surface area contributed by atoms with Gasteiger partial charge in [0.1, 0.15) is 5.54 Å². The van der Waals surface area contributed by atoms with E-state index in [1.165, 1.54) is 4.90 Å². The van der Waals surface area contributed by atoms with Gasteiger partial charge >= 0.3 is 0 Å². The Morgan fingerprint density at radius 1 is 1.21 bits per heavy atom. The molecule has 0 unspecified atom stereocenters. The third kappa shape index (κ3) is 2.54. The Hall–Kier alpha value is -1.92. The molecule has 4 rings (SSSR count). The van der Waals surface area contributed by atoms with E-state index < -0.39 is 17.4 Å².